The van der Waals surface area contributed by atoms with Crippen LogP contribution in [0.3, 0.4) is 0 Å². The second kappa shape index (κ2) is 8.48. The maximum Gasteiger partial charge on any atom is 0.325 e. The van der Waals surface area contributed by atoms with Crippen molar-refractivity contribution in [1.82, 2.24) is 20.4 Å². The Bertz CT molecular complexity index is 576. The minimum atomic E-state index is -0.913. The number of likely N-dealkylation sites (tertiary alicyclic amines) is 1. The van der Waals surface area contributed by atoms with Crippen molar-refractivity contribution < 1.29 is 19.2 Å². The van der Waals surface area contributed by atoms with Crippen LogP contribution < -0.4 is 16.4 Å². The molecule has 2 heterocycles. The van der Waals surface area contributed by atoms with Gasteiger partial charge in [-0.15, -0.1) is 0 Å². The molecular weight excluding hydrogens is 338 g/mol. The zero-order valence-corrected chi connectivity index (χ0v) is 15.5. The van der Waals surface area contributed by atoms with Gasteiger partial charge in [0, 0.05) is 26.2 Å². The summed E-state index contributed by atoms with van der Waals surface area (Å²) in [5.41, 5.74) is 4.48. The van der Waals surface area contributed by atoms with E-state index < -0.39 is 11.6 Å². The highest BCUT2D eigenvalue weighted by Gasteiger charge is 2.49. The van der Waals surface area contributed by atoms with Crippen LogP contribution in [-0.2, 0) is 14.4 Å². The van der Waals surface area contributed by atoms with Crippen molar-refractivity contribution in [3.63, 3.8) is 0 Å². The van der Waals surface area contributed by atoms with Crippen LogP contribution >= 0.6 is 0 Å². The number of hydrogen-bond donors (Lipinski definition) is 3. The van der Waals surface area contributed by atoms with Crippen molar-refractivity contribution in [1.29, 1.82) is 0 Å². The van der Waals surface area contributed by atoms with Crippen LogP contribution in [0.4, 0.5) is 4.79 Å². The lowest BCUT2D eigenvalue weighted by Gasteiger charge is -2.33. The van der Waals surface area contributed by atoms with E-state index in [1.54, 1.807) is 4.90 Å². The number of carbonyl (C=O) groups is 4. The normalized spacial score (nSPS) is 22.3. The molecule has 0 aliphatic carbocycles. The predicted octanol–water partition coefficient (Wildman–Crippen LogP) is -0.589. The molecule has 0 spiro atoms. The average Bonchev–Trinajstić information content (AvgIpc) is 2.90. The van der Waals surface area contributed by atoms with Gasteiger partial charge in [0.1, 0.15) is 12.1 Å². The van der Waals surface area contributed by atoms with Crippen LogP contribution in [0.5, 0.6) is 0 Å². The third-order valence-corrected chi connectivity index (χ3v) is 5.33. The van der Waals surface area contributed by atoms with Crippen LogP contribution in [0.15, 0.2) is 0 Å². The summed E-state index contributed by atoms with van der Waals surface area (Å²) >= 11 is 0. The first kappa shape index (κ1) is 20.2. The number of nitrogens with two attached hydrogens (primary N) is 1. The van der Waals surface area contributed by atoms with Gasteiger partial charge in [0.2, 0.25) is 11.8 Å². The number of urea groups is 1. The number of imide groups is 1. The first-order valence-corrected chi connectivity index (χ1v) is 9.28. The first-order valence-electron chi connectivity index (χ1n) is 9.28. The van der Waals surface area contributed by atoms with Crippen molar-refractivity contribution in [2.75, 3.05) is 32.7 Å². The highest BCUT2D eigenvalue weighted by Crippen LogP contribution is 2.25. The van der Waals surface area contributed by atoms with E-state index in [-0.39, 0.29) is 30.2 Å². The second-order valence-electron chi connectivity index (χ2n) is 6.87. The molecule has 2 rings (SSSR count). The average molecular weight is 367 g/mol. The van der Waals surface area contributed by atoms with Gasteiger partial charge in [-0.05, 0) is 25.7 Å². The van der Waals surface area contributed by atoms with Gasteiger partial charge in [0.15, 0.2) is 0 Å². The maximum absolute atomic E-state index is 12.6. The Labute approximate surface area is 153 Å². The SMILES string of the molecule is CCC1(CC)NC(=O)N(CC(=O)N2CCCC(C(=O)NCCN)C2)C1=O. The number of carbonyl (C=O) groups excluding carboxylic acids is 4. The molecule has 26 heavy (non-hydrogen) atoms. The van der Waals surface area contributed by atoms with Crippen molar-refractivity contribution in [3.05, 3.63) is 0 Å². The molecule has 0 saturated carbocycles. The zero-order chi connectivity index (χ0) is 19.3. The molecule has 9 heteroatoms. The largest absolute Gasteiger partial charge is 0.355 e. The van der Waals surface area contributed by atoms with Crippen LogP contribution in [0.1, 0.15) is 39.5 Å². The van der Waals surface area contributed by atoms with Gasteiger partial charge in [-0.25, -0.2) is 4.79 Å². The molecule has 2 aliphatic rings. The lowest BCUT2D eigenvalue weighted by atomic mass is 9.93. The Balaban J connectivity index is 1.98. The lowest BCUT2D eigenvalue weighted by Crippen LogP contribution is -2.50. The van der Waals surface area contributed by atoms with E-state index in [0.717, 1.165) is 4.90 Å². The molecule has 2 aliphatic heterocycles. The van der Waals surface area contributed by atoms with Gasteiger partial charge < -0.3 is 21.3 Å². The summed E-state index contributed by atoms with van der Waals surface area (Å²) in [4.78, 5) is 52.1. The van der Waals surface area contributed by atoms with Crippen LogP contribution in [-0.4, -0.2) is 71.8 Å². The molecule has 0 aromatic carbocycles. The Morgan fingerprint density at radius 2 is 2.00 bits per heavy atom. The maximum atomic E-state index is 12.6. The summed E-state index contributed by atoms with van der Waals surface area (Å²) in [7, 11) is 0. The molecule has 146 valence electrons. The van der Waals surface area contributed by atoms with Crippen LogP contribution in [0.2, 0.25) is 0 Å². The number of amides is 5. The predicted molar refractivity (Wildman–Crippen MR) is 94.9 cm³/mol. The lowest BCUT2D eigenvalue weighted by molar-refractivity contribution is -0.141. The fourth-order valence-corrected chi connectivity index (χ4v) is 3.54. The molecule has 9 nitrogen and oxygen atoms in total. The minimum absolute atomic E-state index is 0.112. The molecule has 2 saturated heterocycles. The van der Waals surface area contributed by atoms with Crippen LogP contribution in [0, 0.1) is 5.92 Å². The molecule has 0 aromatic rings. The Kier molecular flexibility index (Phi) is 6.57. The van der Waals surface area contributed by atoms with Crippen molar-refractivity contribution in [3.8, 4) is 0 Å². The summed E-state index contributed by atoms with van der Waals surface area (Å²) in [6.45, 7) is 4.97. The third kappa shape index (κ3) is 3.98. The van der Waals surface area contributed by atoms with Crippen molar-refractivity contribution in [2.24, 2.45) is 11.7 Å². The quantitative estimate of drug-likeness (QED) is 0.519. The van der Waals surface area contributed by atoms with E-state index in [0.29, 0.717) is 51.9 Å². The molecule has 1 atom stereocenters. The highest BCUT2D eigenvalue weighted by molar-refractivity contribution is 6.09. The minimum Gasteiger partial charge on any atom is -0.355 e. The van der Waals surface area contributed by atoms with Crippen molar-refractivity contribution >= 4 is 23.8 Å². The molecule has 0 bridgehead atoms. The standard InChI is InChI=1S/C17H29N5O4/c1-3-17(4-2)15(25)22(16(26)20-17)11-13(23)21-9-5-6-12(10-21)14(24)19-8-7-18/h12H,3-11,18H2,1-2H3,(H,19,24)(H,20,26). The molecule has 1 unspecified atom stereocenters. The van der Waals surface area contributed by atoms with Gasteiger partial charge >= 0.3 is 6.03 Å². The Morgan fingerprint density at radius 1 is 1.31 bits per heavy atom. The summed E-state index contributed by atoms with van der Waals surface area (Å²) in [5, 5.41) is 5.46. The smallest absolute Gasteiger partial charge is 0.325 e. The summed E-state index contributed by atoms with van der Waals surface area (Å²) in [6, 6.07) is -0.527. The molecule has 4 N–H and O–H groups in total. The van der Waals surface area contributed by atoms with Crippen LogP contribution in [0.25, 0.3) is 0 Å². The third-order valence-electron chi connectivity index (χ3n) is 5.33. The molecule has 0 radical (unpaired) electrons. The number of rotatable bonds is 7. The topological polar surface area (TPSA) is 125 Å². The summed E-state index contributed by atoms with van der Waals surface area (Å²) in [5.74, 6) is -1.06. The monoisotopic (exact) mass is 367 g/mol. The number of nitrogens with one attached hydrogen (secondary N) is 2. The molecule has 5 amide bonds. The van der Waals surface area contributed by atoms with Gasteiger partial charge in [0.05, 0.1) is 5.92 Å². The molecule has 2 fully saturated rings. The Morgan fingerprint density at radius 3 is 2.58 bits per heavy atom. The zero-order valence-electron chi connectivity index (χ0n) is 15.5. The van der Waals surface area contributed by atoms with Gasteiger partial charge in [0.25, 0.3) is 5.91 Å². The van der Waals surface area contributed by atoms with E-state index in [9.17, 15) is 19.2 Å². The second-order valence-corrected chi connectivity index (χ2v) is 6.87. The van der Waals surface area contributed by atoms with Gasteiger partial charge in [-0.3, -0.25) is 19.3 Å². The summed E-state index contributed by atoms with van der Waals surface area (Å²) in [6.07, 6.45) is 2.37. The van der Waals surface area contributed by atoms with E-state index in [1.807, 2.05) is 13.8 Å². The highest BCUT2D eigenvalue weighted by atomic mass is 16.2. The number of piperidine rings is 1. The van der Waals surface area contributed by atoms with Crippen molar-refractivity contribution in [2.45, 2.75) is 45.1 Å². The fourth-order valence-electron chi connectivity index (χ4n) is 3.54. The fraction of sp³-hybridized carbons (Fsp3) is 0.765. The first-order chi connectivity index (χ1) is 12.4. The summed E-state index contributed by atoms with van der Waals surface area (Å²) < 4.78 is 0. The van der Waals surface area contributed by atoms with E-state index in [4.69, 9.17) is 5.73 Å². The number of hydrogen-bond acceptors (Lipinski definition) is 5. The van der Waals surface area contributed by atoms with E-state index in [2.05, 4.69) is 10.6 Å². The number of nitrogens with zero attached hydrogens (tertiary/aromatic N) is 2. The van der Waals surface area contributed by atoms with Gasteiger partial charge in [-0.1, -0.05) is 13.8 Å². The molecule has 0 aromatic heterocycles. The van der Waals surface area contributed by atoms with E-state index >= 15 is 0 Å². The van der Waals surface area contributed by atoms with E-state index in [1.165, 1.54) is 0 Å². The van der Waals surface area contributed by atoms with Gasteiger partial charge in [-0.2, -0.15) is 0 Å². The Hall–Kier alpha value is -2.16. The molecular formula is C17H29N5O4.